The van der Waals surface area contributed by atoms with Crippen molar-refractivity contribution in [1.82, 2.24) is 24.7 Å². The van der Waals surface area contributed by atoms with Crippen molar-refractivity contribution < 1.29 is 19.8 Å². The number of imidazole rings is 1. The molecule has 3 N–H and O–H groups in total. The molecule has 154 valence electrons. The van der Waals surface area contributed by atoms with Gasteiger partial charge in [-0.25, -0.2) is 4.98 Å². The van der Waals surface area contributed by atoms with Crippen molar-refractivity contribution in [2.75, 3.05) is 32.7 Å². The lowest BCUT2D eigenvalue weighted by atomic mass is 9.92. The number of aromatic nitrogens is 2. The number of hydrogen-bond donors (Lipinski definition) is 3. The number of piperazine rings is 1. The highest BCUT2D eigenvalue weighted by Crippen LogP contribution is 2.37. The number of aliphatic hydroxyl groups is 2. The van der Waals surface area contributed by atoms with E-state index < -0.39 is 17.2 Å². The summed E-state index contributed by atoms with van der Waals surface area (Å²) < 4.78 is 1.85. The van der Waals surface area contributed by atoms with Crippen LogP contribution in [0.1, 0.15) is 31.4 Å². The summed E-state index contributed by atoms with van der Waals surface area (Å²) in [4.78, 5) is 33.3. The van der Waals surface area contributed by atoms with Gasteiger partial charge in [0.15, 0.2) is 0 Å². The largest absolute Gasteiger partial charge is 0.386 e. The topological polar surface area (TPSA) is 111 Å². The first-order valence-electron chi connectivity index (χ1n) is 10.0. The molecule has 0 bridgehead atoms. The molecule has 1 saturated carbocycles. The normalized spacial score (nSPS) is 29.6. The Labute approximate surface area is 164 Å². The van der Waals surface area contributed by atoms with Gasteiger partial charge >= 0.3 is 0 Å². The maximum Gasteiger partial charge on any atom is 0.255 e. The molecule has 2 saturated heterocycles. The van der Waals surface area contributed by atoms with Crippen LogP contribution in [0, 0.1) is 6.92 Å². The van der Waals surface area contributed by atoms with E-state index in [9.17, 15) is 19.8 Å². The zero-order valence-electron chi connectivity index (χ0n) is 16.3. The maximum absolute atomic E-state index is 13.2. The summed E-state index contributed by atoms with van der Waals surface area (Å²) in [6, 6.07) is -0.635. The van der Waals surface area contributed by atoms with Crippen molar-refractivity contribution in [3.63, 3.8) is 0 Å². The Morgan fingerprint density at radius 3 is 2.75 bits per heavy atom. The van der Waals surface area contributed by atoms with Crippen LogP contribution in [0.4, 0.5) is 0 Å². The third-order valence-electron chi connectivity index (χ3n) is 6.02. The van der Waals surface area contributed by atoms with Crippen molar-refractivity contribution in [2.24, 2.45) is 0 Å². The fourth-order valence-electron chi connectivity index (χ4n) is 4.31. The molecule has 28 heavy (non-hydrogen) atoms. The number of nitrogens with one attached hydrogen (secondary N) is 1. The third-order valence-corrected chi connectivity index (χ3v) is 6.02. The number of β-amino-alcohol motifs (C(OH)–C–C–N with tert-alkyl or cyclic N) is 1. The van der Waals surface area contributed by atoms with Crippen LogP contribution in [0.15, 0.2) is 12.5 Å². The second kappa shape index (κ2) is 7.13. The first kappa shape index (κ1) is 19.4. The van der Waals surface area contributed by atoms with Gasteiger partial charge in [0.05, 0.1) is 25.1 Å². The minimum absolute atomic E-state index is 0.162. The second-order valence-electron chi connectivity index (χ2n) is 8.53. The van der Waals surface area contributed by atoms with E-state index in [1.807, 2.05) is 17.7 Å². The fourth-order valence-corrected chi connectivity index (χ4v) is 4.31. The lowest BCUT2D eigenvalue weighted by Gasteiger charge is -2.43. The van der Waals surface area contributed by atoms with Gasteiger partial charge in [0.25, 0.3) is 5.91 Å². The van der Waals surface area contributed by atoms with E-state index in [1.165, 1.54) is 4.90 Å². The second-order valence-corrected chi connectivity index (χ2v) is 8.53. The van der Waals surface area contributed by atoms with Crippen molar-refractivity contribution in [1.29, 1.82) is 0 Å². The van der Waals surface area contributed by atoms with E-state index >= 15 is 0 Å². The molecule has 4 rings (SSSR count). The molecule has 0 radical (unpaired) electrons. The van der Waals surface area contributed by atoms with E-state index in [-0.39, 0.29) is 18.4 Å². The summed E-state index contributed by atoms with van der Waals surface area (Å²) in [6.45, 7) is 4.45. The smallest absolute Gasteiger partial charge is 0.255 e. The highest BCUT2D eigenvalue weighted by atomic mass is 16.3. The number of amides is 2. The number of piperidine rings is 1. The number of likely N-dealkylation sites (tertiary alicyclic amines) is 1. The van der Waals surface area contributed by atoms with Gasteiger partial charge in [0.1, 0.15) is 17.2 Å². The molecule has 2 atom stereocenters. The van der Waals surface area contributed by atoms with Crippen LogP contribution in [0.5, 0.6) is 0 Å². The summed E-state index contributed by atoms with van der Waals surface area (Å²) in [7, 11) is 0. The zero-order chi connectivity index (χ0) is 19.9. The monoisotopic (exact) mass is 391 g/mol. The van der Waals surface area contributed by atoms with Gasteiger partial charge < -0.3 is 29.9 Å². The Bertz CT molecular complexity index is 761. The SMILES string of the molecule is Cc1cn(CC2(O)CCCN(C(=O)[C@H]3CNCCN3C(=O)C3(O)CC3)C2)cn1. The Kier molecular flexibility index (Phi) is 4.93. The number of carbonyl (C=O) groups excluding carboxylic acids is 2. The lowest BCUT2D eigenvalue weighted by Crippen LogP contribution is -2.64. The molecule has 3 aliphatic rings. The van der Waals surface area contributed by atoms with E-state index in [4.69, 9.17) is 0 Å². The van der Waals surface area contributed by atoms with Crippen molar-refractivity contribution >= 4 is 11.8 Å². The quantitative estimate of drug-likeness (QED) is 0.599. The Morgan fingerprint density at radius 1 is 1.29 bits per heavy atom. The van der Waals surface area contributed by atoms with Gasteiger partial charge in [0, 0.05) is 32.4 Å². The molecule has 2 amide bonds. The summed E-state index contributed by atoms with van der Waals surface area (Å²) in [5.74, 6) is -0.502. The Hall–Kier alpha value is -1.97. The molecule has 1 aromatic heterocycles. The first-order chi connectivity index (χ1) is 13.3. The highest BCUT2D eigenvalue weighted by molar-refractivity contribution is 5.93. The van der Waals surface area contributed by atoms with Crippen LogP contribution in [-0.4, -0.2) is 91.3 Å². The Balaban J connectivity index is 1.46. The average Bonchev–Trinajstić information content (AvgIpc) is 3.31. The fraction of sp³-hybridized carbons (Fsp3) is 0.737. The molecule has 2 aliphatic heterocycles. The molecular weight excluding hydrogens is 362 g/mol. The molecule has 1 aromatic rings. The molecule has 9 nitrogen and oxygen atoms in total. The molecule has 0 spiro atoms. The summed E-state index contributed by atoms with van der Waals surface area (Å²) in [5.41, 5.74) is -1.42. The number of hydrogen-bond acceptors (Lipinski definition) is 6. The number of nitrogens with zero attached hydrogens (tertiary/aromatic N) is 4. The molecule has 3 heterocycles. The van der Waals surface area contributed by atoms with Gasteiger partial charge in [-0.05, 0) is 32.6 Å². The number of rotatable bonds is 4. The minimum atomic E-state index is -1.28. The maximum atomic E-state index is 13.2. The Morgan fingerprint density at radius 2 is 2.07 bits per heavy atom. The van der Waals surface area contributed by atoms with Gasteiger partial charge in [-0.2, -0.15) is 0 Å². The van der Waals surface area contributed by atoms with Gasteiger partial charge in [0.2, 0.25) is 5.91 Å². The molecule has 1 unspecified atom stereocenters. The van der Waals surface area contributed by atoms with Crippen molar-refractivity contribution in [2.45, 2.75) is 56.4 Å². The lowest BCUT2D eigenvalue weighted by molar-refractivity contribution is -0.156. The molecule has 9 heteroatoms. The van der Waals surface area contributed by atoms with Gasteiger partial charge in [-0.1, -0.05) is 0 Å². The third kappa shape index (κ3) is 3.78. The van der Waals surface area contributed by atoms with Crippen LogP contribution >= 0.6 is 0 Å². The summed E-state index contributed by atoms with van der Waals surface area (Å²) >= 11 is 0. The average molecular weight is 391 g/mol. The predicted octanol–water partition coefficient (Wildman–Crippen LogP) is -1.13. The summed E-state index contributed by atoms with van der Waals surface area (Å²) in [6.07, 6.45) is 5.80. The molecular formula is C19H29N5O4. The highest BCUT2D eigenvalue weighted by Gasteiger charge is 2.53. The van der Waals surface area contributed by atoms with E-state index in [0.29, 0.717) is 58.4 Å². The molecule has 3 fully saturated rings. The van der Waals surface area contributed by atoms with Crippen molar-refractivity contribution in [3.8, 4) is 0 Å². The zero-order valence-corrected chi connectivity index (χ0v) is 16.3. The van der Waals surface area contributed by atoms with Crippen LogP contribution in [0.3, 0.4) is 0 Å². The molecule has 1 aliphatic carbocycles. The van der Waals surface area contributed by atoms with Crippen LogP contribution in [0.25, 0.3) is 0 Å². The van der Waals surface area contributed by atoms with E-state index in [0.717, 1.165) is 5.69 Å². The van der Waals surface area contributed by atoms with E-state index in [1.54, 1.807) is 11.2 Å². The summed E-state index contributed by atoms with van der Waals surface area (Å²) in [5, 5.41) is 24.5. The number of carbonyl (C=O) groups is 2. The first-order valence-corrected chi connectivity index (χ1v) is 10.0. The van der Waals surface area contributed by atoms with Crippen LogP contribution in [-0.2, 0) is 16.1 Å². The van der Waals surface area contributed by atoms with Gasteiger partial charge in [-0.3, -0.25) is 9.59 Å². The van der Waals surface area contributed by atoms with Crippen LogP contribution < -0.4 is 5.32 Å². The predicted molar refractivity (Wildman–Crippen MR) is 100 cm³/mol. The molecule has 0 aromatic carbocycles. The van der Waals surface area contributed by atoms with Crippen molar-refractivity contribution in [3.05, 3.63) is 18.2 Å². The van der Waals surface area contributed by atoms with Crippen LogP contribution in [0.2, 0.25) is 0 Å². The van der Waals surface area contributed by atoms with E-state index in [2.05, 4.69) is 10.3 Å². The minimum Gasteiger partial charge on any atom is -0.386 e. The number of aryl methyl sites for hydroxylation is 1. The van der Waals surface area contributed by atoms with Gasteiger partial charge in [-0.15, -0.1) is 0 Å². The standard InChI is InChI=1S/C19H29N5O4/c1-14-10-22(13-21-14)11-18(27)3-2-7-23(12-18)16(25)15-9-20-6-8-24(15)17(26)19(28)4-5-19/h10,13,15,20,27-28H,2-9,11-12H2,1H3/t15-,18?/m1/s1.